The van der Waals surface area contributed by atoms with Gasteiger partial charge in [-0.15, -0.1) is 11.8 Å². The summed E-state index contributed by atoms with van der Waals surface area (Å²) in [6.07, 6.45) is 0.834. The number of thioether (sulfide) groups is 1. The Morgan fingerprint density at radius 2 is 2.11 bits per heavy atom. The normalized spacial score (nSPS) is 21.6. The van der Waals surface area contributed by atoms with Crippen molar-refractivity contribution in [2.24, 2.45) is 0 Å². The summed E-state index contributed by atoms with van der Waals surface area (Å²) in [5.74, 6) is -0.00350. The summed E-state index contributed by atoms with van der Waals surface area (Å²) in [5, 5.41) is 9.14. The smallest absolute Gasteiger partial charge is 0.327 e. The van der Waals surface area contributed by atoms with Crippen molar-refractivity contribution in [2.75, 3.05) is 23.1 Å². The quantitative estimate of drug-likeness (QED) is 0.848. The van der Waals surface area contributed by atoms with Crippen LogP contribution in [0.2, 0.25) is 0 Å². The van der Waals surface area contributed by atoms with Crippen molar-refractivity contribution in [2.45, 2.75) is 12.5 Å². The number of carbonyl (C=O) groups is 2. The fourth-order valence-corrected chi connectivity index (χ4v) is 3.67. The molecule has 6 heteroatoms. The third-order valence-electron chi connectivity index (χ3n) is 3.53. The standard InChI is InChI=1S/C13H14N2O3S/c16-12(17)11-7-19-8-15(11)13(18)14-6-5-9-3-1-2-4-10(9)14/h1-4,11H,5-8H2,(H,16,17)/t11-/m0/s1. The fraction of sp³-hybridized carbons (Fsp3) is 0.385. The summed E-state index contributed by atoms with van der Waals surface area (Å²) in [6, 6.07) is 6.89. The van der Waals surface area contributed by atoms with E-state index in [1.54, 1.807) is 4.90 Å². The van der Waals surface area contributed by atoms with Gasteiger partial charge in [-0.05, 0) is 18.1 Å². The Labute approximate surface area is 115 Å². The Bertz CT molecular complexity index is 534. The van der Waals surface area contributed by atoms with Crippen LogP contribution in [0.4, 0.5) is 10.5 Å². The maximum absolute atomic E-state index is 12.5. The molecule has 1 saturated heterocycles. The van der Waals surface area contributed by atoms with E-state index in [0.717, 1.165) is 17.7 Å². The number of rotatable bonds is 1. The highest BCUT2D eigenvalue weighted by molar-refractivity contribution is 7.99. The van der Waals surface area contributed by atoms with E-state index in [9.17, 15) is 9.59 Å². The second kappa shape index (κ2) is 4.77. The lowest BCUT2D eigenvalue weighted by molar-refractivity contribution is -0.140. The number of hydrogen-bond donors (Lipinski definition) is 1. The van der Waals surface area contributed by atoms with Crippen LogP contribution in [0.25, 0.3) is 0 Å². The molecule has 2 aliphatic heterocycles. The van der Waals surface area contributed by atoms with Crippen LogP contribution >= 0.6 is 11.8 Å². The summed E-state index contributed by atoms with van der Waals surface area (Å²) in [7, 11) is 0. The summed E-state index contributed by atoms with van der Waals surface area (Å²) in [6.45, 7) is 0.631. The van der Waals surface area contributed by atoms with Gasteiger partial charge < -0.3 is 10.0 Å². The van der Waals surface area contributed by atoms with Crippen LogP contribution in [0.1, 0.15) is 5.56 Å². The number of amides is 2. The maximum atomic E-state index is 12.5. The maximum Gasteiger partial charge on any atom is 0.327 e. The number of fused-ring (bicyclic) bond motifs is 1. The van der Waals surface area contributed by atoms with Gasteiger partial charge in [0.25, 0.3) is 0 Å². The molecule has 1 N–H and O–H groups in total. The van der Waals surface area contributed by atoms with Gasteiger partial charge in [-0.2, -0.15) is 0 Å². The number of benzene rings is 1. The number of carboxylic acid groups (broad SMARTS) is 1. The van der Waals surface area contributed by atoms with E-state index < -0.39 is 12.0 Å². The van der Waals surface area contributed by atoms with Crippen LogP contribution in [-0.4, -0.2) is 46.2 Å². The molecule has 1 aromatic rings. The molecule has 1 atom stereocenters. The number of nitrogens with zero attached hydrogens (tertiary/aromatic N) is 2. The lowest BCUT2D eigenvalue weighted by atomic mass is 10.2. The Balaban J connectivity index is 1.84. The average molecular weight is 278 g/mol. The van der Waals surface area contributed by atoms with Crippen LogP contribution in [-0.2, 0) is 11.2 Å². The van der Waals surface area contributed by atoms with Crippen LogP contribution in [0.3, 0.4) is 0 Å². The zero-order chi connectivity index (χ0) is 13.4. The lowest BCUT2D eigenvalue weighted by Gasteiger charge is -2.27. The van der Waals surface area contributed by atoms with Crippen molar-refractivity contribution in [3.63, 3.8) is 0 Å². The minimum atomic E-state index is -0.925. The number of hydrogen-bond acceptors (Lipinski definition) is 3. The molecule has 2 heterocycles. The summed E-state index contributed by atoms with van der Waals surface area (Å²) >= 11 is 1.48. The topological polar surface area (TPSA) is 60.9 Å². The highest BCUT2D eigenvalue weighted by Crippen LogP contribution is 2.31. The van der Waals surface area contributed by atoms with E-state index in [0.29, 0.717) is 18.2 Å². The molecule has 0 radical (unpaired) electrons. The third-order valence-corrected chi connectivity index (χ3v) is 4.54. The van der Waals surface area contributed by atoms with Gasteiger partial charge in [-0.25, -0.2) is 9.59 Å². The molecule has 100 valence electrons. The molecule has 1 aromatic carbocycles. The first-order chi connectivity index (χ1) is 9.18. The Morgan fingerprint density at radius 1 is 1.32 bits per heavy atom. The molecule has 0 spiro atoms. The number of anilines is 1. The summed E-state index contributed by atoms with van der Waals surface area (Å²) < 4.78 is 0. The first-order valence-corrected chi connectivity index (χ1v) is 7.30. The molecule has 3 rings (SSSR count). The van der Waals surface area contributed by atoms with Gasteiger partial charge in [0.2, 0.25) is 0 Å². The highest BCUT2D eigenvalue weighted by Gasteiger charge is 2.38. The number of carbonyl (C=O) groups excluding carboxylic acids is 1. The Morgan fingerprint density at radius 3 is 2.89 bits per heavy atom. The molecule has 2 aliphatic rings. The van der Waals surface area contributed by atoms with Gasteiger partial charge >= 0.3 is 12.0 Å². The van der Waals surface area contributed by atoms with Crippen LogP contribution in [0.5, 0.6) is 0 Å². The zero-order valence-corrected chi connectivity index (χ0v) is 11.1. The first kappa shape index (κ1) is 12.3. The van der Waals surface area contributed by atoms with Gasteiger partial charge in [0.1, 0.15) is 6.04 Å². The third kappa shape index (κ3) is 2.06. The van der Waals surface area contributed by atoms with Crippen molar-refractivity contribution < 1.29 is 14.7 Å². The van der Waals surface area contributed by atoms with Crippen molar-refractivity contribution in [1.29, 1.82) is 0 Å². The number of carboxylic acids is 1. The van der Waals surface area contributed by atoms with E-state index >= 15 is 0 Å². The molecule has 2 amide bonds. The van der Waals surface area contributed by atoms with E-state index in [1.165, 1.54) is 16.7 Å². The number of urea groups is 1. The van der Waals surface area contributed by atoms with Gasteiger partial charge in [-0.1, -0.05) is 18.2 Å². The second-order valence-electron chi connectivity index (χ2n) is 4.64. The van der Waals surface area contributed by atoms with E-state index in [2.05, 4.69) is 0 Å². The fourth-order valence-electron chi connectivity index (χ4n) is 2.53. The minimum Gasteiger partial charge on any atom is -0.480 e. The first-order valence-electron chi connectivity index (χ1n) is 6.15. The molecule has 1 fully saturated rings. The monoisotopic (exact) mass is 278 g/mol. The van der Waals surface area contributed by atoms with Crippen molar-refractivity contribution in [1.82, 2.24) is 4.90 Å². The summed E-state index contributed by atoms with van der Waals surface area (Å²) in [4.78, 5) is 26.8. The molecule has 0 unspecified atom stereocenters. The molecule has 0 aromatic heterocycles. The molecule has 19 heavy (non-hydrogen) atoms. The predicted molar refractivity (Wildman–Crippen MR) is 73.5 cm³/mol. The van der Waals surface area contributed by atoms with Crippen LogP contribution in [0.15, 0.2) is 24.3 Å². The largest absolute Gasteiger partial charge is 0.480 e. The molecule has 0 bridgehead atoms. The van der Waals surface area contributed by atoms with Crippen molar-refractivity contribution in [3.05, 3.63) is 29.8 Å². The van der Waals surface area contributed by atoms with E-state index in [4.69, 9.17) is 5.11 Å². The van der Waals surface area contributed by atoms with E-state index in [1.807, 2.05) is 24.3 Å². The van der Waals surface area contributed by atoms with Gasteiger partial charge in [0, 0.05) is 18.0 Å². The predicted octanol–water partition coefficient (Wildman–Crippen LogP) is 1.63. The van der Waals surface area contributed by atoms with Crippen molar-refractivity contribution in [3.8, 4) is 0 Å². The minimum absolute atomic E-state index is 0.192. The van der Waals surface area contributed by atoms with Crippen LogP contribution < -0.4 is 4.90 Å². The highest BCUT2D eigenvalue weighted by atomic mass is 32.2. The molecule has 5 nitrogen and oxygen atoms in total. The van der Waals surface area contributed by atoms with E-state index in [-0.39, 0.29) is 6.03 Å². The van der Waals surface area contributed by atoms with Gasteiger partial charge in [-0.3, -0.25) is 4.90 Å². The van der Waals surface area contributed by atoms with Crippen LogP contribution in [0, 0.1) is 0 Å². The van der Waals surface area contributed by atoms with Gasteiger partial charge in [0.15, 0.2) is 0 Å². The molecular weight excluding hydrogens is 264 g/mol. The second-order valence-corrected chi connectivity index (χ2v) is 5.64. The lowest BCUT2D eigenvalue weighted by Crippen LogP contribution is -2.48. The average Bonchev–Trinajstić information content (AvgIpc) is 3.05. The Kier molecular flexibility index (Phi) is 3.10. The SMILES string of the molecule is O=C(O)[C@@H]1CSCN1C(=O)N1CCc2ccccc21. The molecular formula is C13H14N2O3S. The number of aliphatic carboxylic acids is 1. The molecule has 0 saturated carbocycles. The Hall–Kier alpha value is -1.69. The number of para-hydroxylation sites is 1. The zero-order valence-electron chi connectivity index (χ0n) is 10.3. The van der Waals surface area contributed by atoms with Gasteiger partial charge in [0.05, 0.1) is 5.88 Å². The van der Waals surface area contributed by atoms with Crippen molar-refractivity contribution >= 4 is 29.4 Å². The summed E-state index contributed by atoms with van der Waals surface area (Å²) in [5.41, 5.74) is 2.06. The molecule has 0 aliphatic carbocycles.